The zero-order chi connectivity index (χ0) is 15.7. The molecule has 0 aromatic heterocycles. The Balaban J connectivity index is 2.19. The van der Waals surface area contributed by atoms with Crippen molar-refractivity contribution in [1.82, 2.24) is 5.32 Å². The first-order valence-electron chi connectivity index (χ1n) is 6.73. The molecule has 5 heteroatoms. The van der Waals surface area contributed by atoms with E-state index < -0.39 is 17.7 Å². The third kappa shape index (κ3) is 8.47. The molecule has 0 saturated heterocycles. The van der Waals surface area contributed by atoms with Gasteiger partial charge >= 0.3 is 12.1 Å². The van der Waals surface area contributed by atoms with Gasteiger partial charge in [-0.2, -0.15) is 0 Å². The molecule has 1 amide bonds. The fourth-order valence-corrected chi connectivity index (χ4v) is 1.40. The van der Waals surface area contributed by atoms with Crippen molar-refractivity contribution in [3.63, 3.8) is 0 Å². The number of carbonyl (C=O) groups excluding carboxylic acids is 2. The Morgan fingerprint density at radius 1 is 1.19 bits per heavy atom. The van der Waals surface area contributed by atoms with E-state index in [0.717, 1.165) is 5.56 Å². The minimum atomic E-state index is -0.542. The van der Waals surface area contributed by atoms with Crippen molar-refractivity contribution in [1.29, 1.82) is 0 Å². The predicted octanol–water partition coefficient (Wildman–Crippen LogP) is 2.77. The van der Waals surface area contributed by atoms with Crippen molar-refractivity contribution in [2.75, 3.05) is 13.2 Å². The molecule has 0 radical (unpaired) electrons. The van der Waals surface area contributed by atoms with E-state index in [1.165, 1.54) is 6.08 Å². The third-order valence-corrected chi connectivity index (χ3v) is 2.23. The molecule has 0 aliphatic rings. The largest absolute Gasteiger partial charge is 0.461 e. The first-order chi connectivity index (χ1) is 9.87. The lowest BCUT2D eigenvalue weighted by molar-refractivity contribution is -0.137. The van der Waals surface area contributed by atoms with E-state index in [1.807, 2.05) is 30.3 Å². The summed E-state index contributed by atoms with van der Waals surface area (Å²) in [7, 11) is 0. The van der Waals surface area contributed by atoms with Gasteiger partial charge in [0.25, 0.3) is 0 Å². The summed E-state index contributed by atoms with van der Waals surface area (Å²) in [5, 5.41) is 2.51. The van der Waals surface area contributed by atoms with Gasteiger partial charge < -0.3 is 14.8 Å². The fourth-order valence-electron chi connectivity index (χ4n) is 1.40. The topological polar surface area (TPSA) is 64.6 Å². The number of alkyl carbamates (subject to hydrolysis) is 1. The first-order valence-corrected chi connectivity index (χ1v) is 6.73. The summed E-state index contributed by atoms with van der Waals surface area (Å²) >= 11 is 0. The van der Waals surface area contributed by atoms with Crippen LogP contribution in [0.15, 0.2) is 36.4 Å². The summed E-state index contributed by atoms with van der Waals surface area (Å²) < 4.78 is 9.99. The van der Waals surface area contributed by atoms with Crippen LogP contribution in [0.2, 0.25) is 0 Å². The quantitative estimate of drug-likeness (QED) is 0.514. The van der Waals surface area contributed by atoms with Crippen LogP contribution in [0.3, 0.4) is 0 Å². The van der Waals surface area contributed by atoms with Gasteiger partial charge in [-0.25, -0.2) is 9.59 Å². The minimum Gasteiger partial charge on any atom is -0.461 e. The second-order valence-electron chi connectivity index (χ2n) is 5.34. The molecule has 0 unspecified atom stereocenters. The van der Waals surface area contributed by atoms with Crippen molar-refractivity contribution < 1.29 is 19.1 Å². The SMILES string of the molecule is CC(C)(C)OC(=O)NCCOC(=O)/C=C/c1ccccc1. The van der Waals surface area contributed by atoms with Gasteiger partial charge in [-0.1, -0.05) is 30.3 Å². The van der Waals surface area contributed by atoms with Gasteiger partial charge in [0.1, 0.15) is 12.2 Å². The monoisotopic (exact) mass is 291 g/mol. The average molecular weight is 291 g/mol. The predicted molar refractivity (Wildman–Crippen MR) is 80.7 cm³/mol. The van der Waals surface area contributed by atoms with Crippen molar-refractivity contribution in [2.45, 2.75) is 26.4 Å². The van der Waals surface area contributed by atoms with Crippen molar-refractivity contribution in [2.24, 2.45) is 0 Å². The highest BCUT2D eigenvalue weighted by molar-refractivity contribution is 5.87. The molecule has 0 heterocycles. The first kappa shape index (κ1) is 16.8. The van der Waals surface area contributed by atoms with Gasteiger partial charge in [-0.15, -0.1) is 0 Å². The molecular formula is C16H21NO4. The molecule has 1 aromatic rings. The van der Waals surface area contributed by atoms with Gasteiger partial charge in [0.05, 0.1) is 6.54 Å². The number of hydrogen-bond acceptors (Lipinski definition) is 4. The van der Waals surface area contributed by atoms with Crippen LogP contribution in [0.5, 0.6) is 0 Å². The van der Waals surface area contributed by atoms with Crippen LogP contribution >= 0.6 is 0 Å². The molecule has 21 heavy (non-hydrogen) atoms. The molecule has 0 aliphatic carbocycles. The summed E-state index contributed by atoms with van der Waals surface area (Å²) in [6.07, 6.45) is 2.49. The van der Waals surface area contributed by atoms with E-state index in [0.29, 0.717) is 0 Å². The molecule has 0 atom stereocenters. The van der Waals surface area contributed by atoms with Crippen LogP contribution in [-0.2, 0) is 14.3 Å². The number of nitrogens with one attached hydrogen (secondary N) is 1. The Morgan fingerprint density at radius 2 is 1.86 bits per heavy atom. The smallest absolute Gasteiger partial charge is 0.407 e. The van der Waals surface area contributed by atoms with Gasteiger partial charge in [0, 0.05) is 6.08 Å². The van der Waals surface area contributed by atoms with E-state index in [4.69, 9.17) is 9.47 Å². The number of rotatable bonds is 5. The Bertz CT molecular complexity index is 489. The van der Waals surface area contributed by atoms with Crippen LogP contribution in [0, 0.1) is 0 Å². The number of benzene rings is 1. The van der Waals surface area contributed by atoms with Gasteiger partial charge in [-0.05, 0) is 32.4 Å². The Morgan fingerprint density at radius 3 is 2.48 bits per heavy atom. The van der Waals surface area contributed by atoms with Gasteiger partial charge in [-0.3, -0.25) is 0 Å². The summed E-state index contributed by atoms with van der Waals surface area (Å²) in [5.41, 5.74) is 0.375. The molecule has 0 saturated carbocycles. The molecule has 1 rings (SSSR count). The molecule has 0 fully saturated rings. The molecular weight excluding hydrogens is 270 g/mol. The lowest BCUT2D eigenvalue weighted by Gasteiger charge is -2.19. The number of ether oxygens (including phenoxy) is 2. The normalized spacial score (nSPS) is 11.2. The molecule has 0 aliphatic heterocycles. The van der Waals surface area contributed by atoms with Crippen LogP contribution in [0.25, 0.3) is 6.08 Å². The average Bonchev–Trinajstić information content (AvgIpc) is 2.40. The highest BCUT2D eigenvalue weighted by Gasteiger charge is 2.15. The number of esters is 1. The zero-order valence-electron chi connectivity index (χ0n) is 12.6. The summed E-state index contributed by atoms with van der Waals surface area (Å²) in [6.45, 7) is 5.64. The maximum absolute atomic E-state index is 11.4. The second kappa shape index (κ2) is 8.09. The second-order valence-corrected chi connectivity index (χ2v) is 5.34. The lowest BCUT2D eigenvalue weighted by atomic mass is 10.2. The van der Waals surface area contributed by atoms with E-state index in [2.05, 4.69) is 5.32 Å². The van der Waals surface area contributed by atoms with Crippen molar-refractivity contribution >= 4 is 18.1 Å². The number of hydrogen-bond donors (Lipinski definition) is 1. The summed E-state index contributed by atoms with van der Waals surface area (Å²) in [6, 6.07) is 9.44. The Kier molecular flexibility index (Phi) is 6.46. The van der Waals surface area contributed by atoms with E-state index in [-0.39, 0.29) is 13.2 Å². The Labute approximate surface area is 124 Å². The van der Waals surface area contributed by atoms with Gasteiger partial charge in [0.15, 0.2) is 0 Å². The highest BCUT2D eigenvalue weighted by Crippen LogP contribution is 2.06. The fraction of sp³-hybridized carbons (Fsp3) is 0.375. The maximum atomic E-state index is 11.4. The Hall–Kier alpha value is -2.30. The highest BCUT2D eigenvalue weighted by atomic mass is 16.6. The van der Waals surface area contributed by atoms with Crippen LogP contribution < -0.4 is 5.32 Å². The van der Waals surface area contributed by atoms with Gasteiger partial charge in [0.2, 0.25) is 0 Å². The molecule has 114 valence electrons. The van der Waals surface area contributed by atoms with Crippen molar-refractivity contribution in [3.05, 3.63) is 42.0 Å². The van der Waals surface area contributed by atoms with Crippen LogP contribution in [0.1, 0.15) is 26.3 Å². The number of carbonyl (C=O) groups is 2. The summed E-state index contributed by atoms with van der Waals surface area (Å²) in [4.78, 5) is 22.8. The number of amides is 1. The molecule has 1 aromatic carbocycles. The summed E-state index contributed by atoms with van der Waals surface area (Å²) in [5.74, 6) is -0.454. The van der Waals surface area contributed by atoms with E-state index in [1.54, 1.807) is 26.8 Å². The molecule has 0 bridgehead atoms. The van der Waals surface area contributed by atoms with Crippen LogP contribution in [0.4, 0.5) is 4.79 Å². The lowest BCUT2D eigenvalue weighted by Crippen LogP contribution is -2.34. The standard InChI is InChI=1S/C16H21NO4/c1-16(2,3)21-15(19)17-11-12-20-14(18)10-9-13-7-5-4-6-8-13/h4-10H,11-12H2,1-3H3,(H,17,19)/b10-9+. The van der Waals surface area contributed by atoms with Crippen LogP contribution in [-0.4, -0.2) is 30.8 Å². The molecule has 1 N–H and O–H groups in total. The third-order valence-electron chi connectivity index (χ3n) is 2.23. The maximum Gasteiger partial charge on any atom is 0.407 e. The van der Waals surface area contributed by atoms with E-state index >= 15 is 0 Å². The molecule has 0 spiro atoms. The van der Waals surface area contributed by atoms with Crippen molar-refractivity contribution in [3.8, 4) is 0 Å². The molecule has 5 nitrogen and oxygen atoms in total. The van der Waals surface area contributed by atoms with E-state index in [9.17, 15) is 9.59 Å². The minimum absolute atomic E-state index is 0.0945. The zero-order valence-corrected chi connectivity index (χ0v) is 12.6.